The van der Waals surface area contributed by atoms with Gasteiger partial charge in [0.25, 0.3) is 0 Å². The summed E-state index contributed by atoms with van der Waals surface area (Å²) in [5.74, 6) is -0.555. The summed E-state index contributed by atoms with van der Waals surface area (Å²) in [4.78, 5) is 0. The van der Waals surface area contributed by atoms with E-state index >= 15 is 0 Å². The molecule has 1 aliphatic carbocycles. The first-order chi connectivity index (χ1) is 9.50. The molecule has 1 aliphatic rings. The standard InChI is InChI=1S/C14H20FNO3S/c15-13-7-5-11(6-8-13)10-20(18,19)16-14-4-2-1-3-12(14)9-17/h5-8,12,14,16-17H,1-4,9-10H2. The Kier molecular flexibility index (Phi) is 5.12. The van der Waals surface area contributed by atoms with Crippen molar-refractivity contribution in [1.29, 1.82) is 0 Å². The first-order valence-corrected chi connectivity index (χ1v) is 8.51. The predicted molar refractivity (Wildman–Crippen MR) is 75.0 cm³/mol. The fraction of sp³-hybridized carbons (Fsp3) is 0.571. The van der Waals surface area contributed by atoms with E-state index in [0.717, 1.165) is 25.7 Å². The van der Waals surface area contributed by atoms with E-state index in [1.54, 1.807) is 0 Å². The van der Waals surface area contributed by atoms with Crippen LogP contribution in [0.15, 0.2) is 24.3 Å². The van der Waals surface area contributed by atoms with E-state index < -0.39 is 10.0 Å². The topological polar surface area (TPSA) is 66.4 Å². The van der Waals surface area contributed by atoms with Crippen molar-refractivity contribution in [3.63, 3.8) is 0 Å². The van der Waals surface area contributed by atoms with Gasteiger partial charge in [-0.2, -0.15) is 0 Å². The molecule has 2 N–H and O–H groups in total. The molecule has 4 nitrogen and oxygen atoms in total. The smallest absolute Gasteiger partial charge is 0.216 e. The average molecular weight is 301 g/mol. The van der Waals surface area contributed by atoms with Gasteiger partial charge in [0.2, 0.25) is 10.0 Å². The molecule has 1 saturated carbocycles. The number of benzene rings is 1. The van der Waals surface area contributed by atoms with E-state index in [-0.39, 0.29) is 30.1 Å². The van der Waals surface area contributed by atoms with Crippen LogP contribution >= 0.6 is 0 Å². The number of nitrogens with one attached hydrogen (secondary N) is 1. The Bertz CT molecular complexity index is 530. The zero-order valence-corrected chi connectivity index (χ0v) is 12.1. The van der Waals surface area contributed by atoms with Crippen molar-refractivity contribution in [3.05, 3.63) is 35.6 Å². The molecule has 6 heteroatoms. The molecule has 0 amide bonds. The zero-order chi connectivity index (χ0) is 14.6. The Balaban J connectivity index is 2.01. The molecule has 0 spiro atoms. The van der Waals surface area contributed by atoms with Crippen LogP contribution in [0.4, 0.5) is 4.39 Å². The van der Waals surface area contributed by atoms with Gasteiger partial charge in [0.05, 0.1) is 5.75 Å². The summed E-state index contributed by atoms with van der Waals surface area (Å²) in [6.45, 7) is 0.00371. The molecule has 1 fully saturated rings. The largest absolute Gasteiger partial charge is 0.396 e. The highest BCUT2D eigenvalue weighted by molar-refractivity contribution is 7.88. The van der Waals surface area contributed by atoms with Gasteiger partial charge in [-0.05, 0) is 36.5 Å². The number of hydrogen-bond donors (Lipinski definition) is 2. The van der Waals surface area contributed by atoms with E-state index in [1.165, 1.54) is 24.3 Å². The number of hydrogen-bond acceptors (Lipinski definition) is 3. The van der Waals surface area contributed by atoms with Gasteiger partial charge < -0.3 is 5.11 Å². The van der Waals surface area contributed by atoms with Crippen molar-refractivity contribution >= 4 is 10.0 Å². The van der Waals surface area contributed by atoms with Crippen molar-refractivity contribution in [2.24, 2.45) is 5.92 Å². The van der Waals surface area contributed by atoms with Crippen molar-refractivity contribution in [2.75, 3.05) is 6.61 Å². The summed E-state index contributed by atoms with van der Waals surface area (Å²) < 4.78 is 39.7. The molecule has 1 aromatic rings. The molecule has 2 unspecified atom stereocenters. The van der Waals surface area contributed by atoms with E-state index in [4.69, 9.17) is 0 Å². The van der Waals surface area contributed by atoms with Crippen LogP contribution in [0.1, 0.15) is 31.2 Å². The van der Waals surface area contributed by atoms with Crippen LogP contribution in [0.3, 0.4) is 0 Å². The summed E-state index contributed by atoms with van der Waals surface area (Å²) in [5, 5.41) is 9.30. The van der Waals surface area contributed by atoms with Crippen LogP contribution < -0.4 is 4.72 Å². The summed E-state index contributed by atoms with van der Waals surface area (Å²) >= 11 is 0. The molecule has 1 aromatic carbocycles. The minimum absolute atomic E-state index is 0.00371. The summed E-state index contributed by atoms with van der Waals surface area (Å²) in [6, 6.07) is 5.25. The van der Waals surface area contributed by atoms with Gasteiger partial charge in [-0.1, -0.05) is 25.0 Å². The number of aliphatic hydroxyl groups excluding tert-OH is 1. The quantitative estimate of drug-likeness (QED) is 0.871. The third-order valence-corrected chi connectivity index (χ3v) is 5.12. The Morgan fingerprint density at radius 3 is 2.50 bits per heavy atom. The number of sulfonamides is 1. The second kappa shape index (κ2) is 6.65. The van der Waals surface area contributed by atoms with Crippen LogP contribution in [-0.2, 0) is 15.8 Å². The normalized spacial score (nSPS) is 23.7. The van der Waals surface area contributed by atoms with Gasteiger partial charge in [-0.25, -0.2) is 17.5 Å². The summed E-state index contributed by atoms with van der Waals surface area (Å²) in [5.41, 5.74) is 0.551. The lowest BCUT2D eigenvalue weighted by Gasteiger charge is -2.30. The van der Waals surface area contributed by atoms with Crippen LogP contribution in [0, 0.1) is 11.7 Å². The Morgan fingerprint density at radius 2 is 1.85 bits per heavy atom. The number of aliphatic hydroxyl groups is 1. The molecule has 0 radical (unpaired) electrons. The highest BCUT2D eigenvalue weighted by Crippen LogP contribution is 2.24. The molecule has 20 heavy (non-hydrogen) atoms. The molecular formula is C14H20FNO3S. The Morgan fingerprint density at radius 1 is 1.20 bits per heavy atom. The van der Waals surface area contributed by atoms with E-state index in [0.29, 0.717) is 5.56 Å². The van der Waals surface area contributed by atoms with Gasteiger partial charge in [-0.3, -0.25) is 0 Å². The third-order valence-electron chi connectivity index (χ3n) is 3.74. The van der Waals surface area contributed by atoms with Gasteiger partial charge in [0.1, 0.15) is 5.82 Å². The van der Waals surface area contributed by atoms with Gasteiger partial charge in [0, 0.05) is 12.6 Å². The lowest BCUT2D eigenvalue weighted by atomic mass is 9.86. The average Bonchev–Trinajstić information content (AvgIpc) is 2.41. The lowest BCUT2D eigenvalue weighted by Crippen LogP contribution is -2.43. The highest BCUT2D eigenvalue weighted by atomic mass is 32.2. The second-order valence-corrected chi connectivity index (χ2v) is 7.09. The van der Waals surface area contributed by atoms with E-state index in [1.807, 2.05) is 0 Å². The molecule has 0 saturated heterocycles. The Labute approximate surface area is 119 Å². The monoisotopic (exact) mass is 301 g/mol. The van der Waals surface area contributed by atoms with Crippen molar-refractivity contribution in [3.8, 4) is 0 Å². The van der Waals surface area contributed by atoms with Crippen LogP contribution in [0.2, 0.25) is 0 Å². The van der Waals surface area contributed by atoms with Gasteiger partial charge >= 0.3 is 0 Å². The van der Waals surface area contributed by atoms with Crippen molar-refractivity contribution in [2.45, 2.75) is 37.5 Å². The van der Waals surface area contributed by atoms with Crippen LogP contribution in [0.5, 0.6) is 0 Å². The molecule has 0 heterocycles. The van der Waals surface area contributed by atoms with Gasteiger partial charge in [0.15, 0.2) is 0 Å². The van der Waals surface area contributed by atoms with Crippen molar-refractivity contribution < 1.29 is 17.9 Å². The predicted octanol–water partition coefficient (Wildman–Crippen LogP) is 1.80. The zero-order valence-electron chi connectivity index (χ0n) is 11.3. The first kappa shape index (κ1) is 15.4. The molecule has 2 atom stereocenters. The van der Waals surface area contributed by atoms with Crippen LogP contribution in [-0.4, -0.2) is 26.2 Å². The molecule has 0 bridgehead atoms. The Hall–Kier alpha value is -0.980. The van der Waals surface area contributed by atoms with Crippen LogP contribution in [0.25, 0.3) is 0 Å². The maximum atomic E-state index is 12.8. The van der Waals surface area contributed by atoms with E-state index in [9.17, 15) is 17.9 Å². The molecular weight excluding hydrogens is 281 g/mol. The second-order valence-electron chi connectivity index (χ2n) is 5.34. The molecule has 112 valence electrons. The minimum atomic E-state index is -3.47. The highest BCUT2D eigenvalue weighted by Gasteiger charge is 2.28. The van der Waals surface area contributed by atoms with Crippen molar-refractivity contribution in [1.82, 2.24) is 4.72 Å². The first-order valence-electron chi connectivity index (χ1n) is 6.85. The lowest BCUT2D eigenvalue weighted by molar-refractivity contribution is 0.164. The fourth-order valence-corrected chi connectivity index (χ4v) is 4.14. The fourth-order valence-electron chi connectivity index (χ4n) is 2.65. The minimum Gasteiger partial charge on any atom is -0.396 e. The summed E-state index contributed by atoms with van der Waals surface area (Å²) in [6.07, 6.45) is 3.61. The van der Waals surface area contributed by atoms with Gasteiger partial charge in [-0.15, -0.1) is 0 Å². The van der Waals surface area contributed by atoms with E-state index in [2.05, 4.69) is 4.72 Å². The maximum absolute atomic E-state index is 12.8. The molecule has 2 rings (SSSR count). The number of rotatable bonds is 5. The molecule has 0 aromatic heterocycles. The molecule has 0 aliphatic heterocycles. The summed E-state index contributed by atoms with van der Waals surface area (Å²) in [7, 11) is -3.47. The third kappa shape index (κ3) is 4.26. The number of halogens is 1. The SMILES string of the molecule is O=S(=O)(Cc1ccc(F)cc1)NC1CCCCC1CO. The maximum Gasteiger partial charge on any atom is 0.216 e.